The summed E-state index contributed by atoms with van der Waals surface area (Å²) in [5.74, 6) is -0.790. The molecule has 2 atom stereocenters. The molecule has 7 nitrogen and oxygen atoms in total. The largest absolute Gasteiger partial charge is 0.348 e. The van der Waals surface area contributed by atoms with E-state index >= 15 is 0 Å². The number of carbonyl (C=O) groups is 2. The summed E-state index contributed by atoms with van der Waals surface area (Å²) in [7, 11) is 0. The van der Waals surface area contributed by atoms with E-state index in [2.05, 4.69) is 10.6 Å². The van der Waals surface area contributed by atoms with Gasteiger partial charge in [-0.25, -0.2) is 0 Å². The highest BCUT2D eigenvalue weighted by Gasteiger charge is 2.26. The average Bonchev–Trinajstić information content (AvgIpc) is 2.65. The predicted octanol–water partition coefficient (Wildman–Crippen LogP) is 3.54. The van der Waals surface area contributed by atoms with Gasteiger partial charge in [-0.1, -0.05) is 43.7 Å². The average molecular weight is 383 g/mol. The number of hydrogen-bond donors (Lipinski definition) is 2. The van der Waals surface area contributed by atoms with Crippen molar-refractivity contribution in [2.24, 2.45) is 5.92 Å². The predicted molar refractivity (Wildman–Crippen MR) is 107 cm³/mol. The van der Waals surface area contributed by atoms with Crippen molar-refractivity contribution in [1.29, 1.82) is 0 Å². The van der Waals surface area contributed by atoms with Crippen LogP contribution in [-0.2, 0) is 4.79 Å². The molecule has 2 aromatic carbocycles. The highest BCUT2D eigenvalue weighted by Crippen LogP contribution is 2.19. The molecule has 0 bridgehead atoms. The first-order valence-electron chi connectivity index (χ1n) is 9.11. The van der Waals surface area contributed by atoms with Crippen LogP contribution in [0, 0.1) is 23.0 Å². The van der Waals surface area contributed by atoms with E-state index in [4.69, 9.17) is 0 Å². The molecule has 2 rings (SSSR count). The van der Waals surface area contributed by atoms with Gasteiger partial charge in [0.25, 0.3) is 11.6 Å². The Balaban J connectivity index is 2.11. The van der Waals surface area contributed by atoms with Gasteiger partial charge in [-0.3, -0.25) is 19.7 Å². The minimum Gasteiger partial charge on any atom is -0.348 e. The van der Waals surface area contributed by atoms with Crippen LogP contribution < -0.4 is 10.6 Å². The summed E-state index contributed by atoms with van der Waals surface area (Å²) in [5.41, 5.74) is 2.03. The minimum absolute atomic E-state index is 0.0354. The van der Waals surface area contributed by atoms with E-state index in [-0.39, 0.29) is 23.4 Å². The molecule has 2 N–H and O–H groups in total. The number of aryl methyl sites for hydroxylation is 1. The molecule has 0 aliphatic rings. The molecular formula is C21H25N3O4. The Hall–Kier alpha value is -3.22. The summed E-state index contributed by atoms with van der Waals surface area (Å²) < 4.78 is 0. The van der Waals surface area contributed by atoms with E-state index in [0.717, 1.165) is 5.56 Å². The first kappa shape index (κ1) is 21.1. The number of nitro groups is 1. The monoisotopic (exact) mass is 383 g/mol. The third-order valence-electron chi connectivity index (χ3n) is 4.46. The third kappa shape index (κ3) is 5.39. The molecule has 0 spiro atoms. The summed E-state index contributed by atoms with van der Waals surface area (Å²) in [6, 6.07) is 12.1. The normalized spacial score (nSPS) is 12.9. The van der Waals surface area contributed by atoms with Gasteiger partial charge in [-0.2, -0.15) is 0 Å². The number of non-ortho nitro benzene ring substituents is 1. The molecule has 0 heterocycles. The van der Waals surface area contributed by atoms with Crippen molar-refractivity contribution in [3.05, 3.63) is 75.3 Å². The van der Waals surface area contributed by atoms with Gasteiger partial charge in [0.1, 0.15) is 6.04 Å². The third-order valence-corrected chi connectivity index (χ3v) is 4.46. The maximum absolute atomic E-state index is 12.8. The molecule has 0 radical (unpaired) electrons. The maximum Gasteiger partial charge on any atom is 0.269 e. The number of hydrogen-bond acceptors (Lipinski definition) is 4. The number of carbonyl (C=O) groups excluding carboxylic acids is 2. The van der Waals surface area contributed by atoms with Crippen LogP contribution in [0.3, 0.4) is 0 Å². The topological polar surface area (TPSA) is 101 Å². The Kier molecular flexibility index (Phi) is 6.87. The van der Waals surface area contributed by atoms with Crippen molar-refractivity contribution in [3.63, 3.8) is 0 Å². The fourth-order valence-electron chi connectivity index (χ4n) is 2.84. The summed E-state index contributed by atoms with van der Waals surface area (Å²) in [6.45, 7) is 7.33. The van der Waals surface area contributed by atoms with Crippen LogP contribution in [-0.4, -0.2) is 22.8 Å². The fourth-order valence-corrected chi connectivity index (χ4v) is 2.84. The van der Waals surface area contributed by atoms with E-state index in [1.165, 1.54) is 12.1 Å². The van der Waals surface area contributed by atoms with Crippen LogP contribution >= 0.6 is 0 Å². The zero-order chi connectivity index (χ0) is 20.8. The number of benzene rings is 2. The van der Waals surface area contributed by atoms with Gasteiger partial charge < -0.3 is 10.6 Å². The summed E-state index contributed by atoms with van der Waals surface area (Å²) in [6.07, 6.45) is 0. The lowest BCUT2D eigenvalue weighted by Crippen LogP contribution is -2.50. The van der Waals surface area contributed by atoms with Gasteiger partial charge in [0.15, 0.2) is 0 Å². The molecule has 0 aromatic heterocycles. The second-order valence-corrected chi connectivity index (χ2v) is 7.15. The van der Waals surface area contributed by atoms with Gasteiger partial charge in [0.2, 0.25) is 5.91 Å². The minimum atomic E-state index is -0.728. The van der Waals surface area contributed by atoms with Crippen molar-refractivity contribution < 1.29 is 14.5 Å². The molecule has 7 heteroatoms. The number of nitrogens with zero attached hydrogens (tertiary/aromatic N) is 1. The molecule has 2 unspecified atom stereocenters. The van der Waals surface area contributed by atoms with Gasteiger partial charge in [-0.05, 0) is 37.5 Å². The standard InChI is InChI=1S/C21H25N3O4/c1-13(2)19(23-20(25)17-9-5-7-14(3)11-17)21(26)22-15(4)16-8-6-10-18(12-16)24(27)28/h5-13,15,19H,1-4H3,(H,22,26)(H,23,25). The maximum atomic E-state index is 12.8. The highest BCUT2D eigenvalue weighted by atomic mass is 16.6. The molecule has 0 aliphatic carbocycles. The second-order valence-electron chi connectivity index (χ2n) is 7.15. The molecular weight excluding hydrogens is 358 g/mol. The number of nitrogens with one attached hydrogen (secondary N) is 2. The molecule has 2 aromatic rings. The van der Waals surface area contributed by atoms with Gasteiger partial charge >= 0.3 is 0 Å². The lowest BCUT2D eigenvalue weighted by atomic mass is 10.0. The summed E-state index contributed by atoms with van der Waals surface area (Å²) >= 11 is 0. The molecule has 148 valence electrons. The van der Waals surface area contributed by atoms with Crippen LogP contribution in [0.5, 0.6) is 0 Å². The van der Waals surface area contributed by atoms with Crippen LogP contribution in [0.25, 0.3) is 0 Å². The van der Waals surface area contributed by atoms with Crippen LogP contribution in [0.2, 0.25) is 0 Å². The Morgan fingerprint density at radius 1 is 1.00 bits per heavy atom. The van der Waals surface area contributed by atoms with Gasteiger partial charge in [-0.15, -0.1) is 0 Å². The van der Waals surface area contributed by atoms with Crippen molar-refractivity contribution in [3.8, 4) is 0 Å². The van der Waals surface area contributed by atoms with Crippen LogP contribution in [0.4, 0.5) is 5.69 Å². The summed E-state index contributed by atoms with van der Waals surface area (Å²) in [4.78, 5) is 35.8. The number of amides is 2. The van der Waals surface area contributed by atoms with Crippen molar-refractivity contribution in [2.75, 3.05) is 0 Å². The Morgan fingerprint density at radius 3 is 2.29 bits per heavy atom. The zero-order valence-electron chi connectivity index (χ0n) is 16.4. The lowest BCUT2D eigenvalue weighted by Gasteiger charge is -2.24. The van der Waals surface area contributed by atoms with Crippen LogP contribution in [0.1, 0.15) is 48.3 Å². The highest BCUT2D eigenvalue weighted by molar-refractivity contribution is 5.97. The summed E-state index contributed by atoms with van der Waals surface area (Å²) in [5, 5.41) is 16.6. The van der Waals surface area contributed by atoms with Gasteiger partial charge in [0.05, 0.1) is 11.0 Å². The van der Waals surface area contributed by atoms with E-state index < -0.39 is 17.0 Å². The van der Waals surface area contributed by atoms with E-state index in [1.807, 2.05) is 26.8 Å². The number of nitro benzene ring substituents is 1. The number of rotatable bonds is 7. The Bertz CT molecular complexity index is 879. The lowest BCUT2D eigenvalue weighted by molar-refractivity contribution is -0.384. The Labute approximate surface area is 164 Å². The molecule has 0 saturated carbocycles. The van der Waals surface area contributed by atoms with E-state index in [0.29, 0.717) is 11.1 Å². The van der Waals surface area contributed by atoms with E-state index in [1.54, 1.807) is 37.3 Å². The van der Waals surface area contributed by atoms with Gasteiger partial charge in [0, 0.05) is 17.7 Å². The van der Waals surface area contributed by atoms with Crippen LogP contribution in [0.15, 0.2) is 48.5 Å². The Morgan fingerprint density at radius 2 is 1.68 bits per heavy atom. The van der Waals surface area contributed by atoms with Crippen molar-refractivity contribution in [1.82, 2.24) is 10.6 Å². The fraction of sp³-hybridized carbons (Fsp3) is 0.333. The molecule has 0 aliphatic heterocycles. The molecule has 2 amide bonds. The molecule has 0 fully saturated rings. The van der Waals surface area contributed by atoms with E-state index in [9.17, 15) is 19.7 Å². The smallest absolute Gasteiger partial charge is 0.269 e. The zero-order valence-corrected chi connectivity index (χ0v) is 16.4. The first-order valence-corrected chi connectivity index (χ1v) is 9.11. The second kappa shape index (κ2) is 9.12. The van der Waals surface area contributed by atoms with Crippen molar-refractivity contribution >= 4 is 17.5 Å². The quantitative estimate of drug-likeness (QED) is 0.564. The van der Waals surface area contributed by atoms with Crippen molar-refractivity contribution in [2.45, 2.75) is 39.8 Å². The first-order chi connectivity index (χ1) is 13.2. The molecule has 28 heavy (non-hydrogen) atoms. The molecule has 0 saturated heterocycles. The SMILES string of the molecule is Cc1cccc(C(=O)NC(C(=O)NC(C)c2cccc([N+](=O)[O-])c2)C(C)C)c1.